The minimum absolute atomic E-state index is 0.977. The zero-order valence-electron chi connectivity index (χ0n) is 19.8. The van der Waals surface area contributed by atoms with Crippen LogP contribution in [-0.4, -0.2) is 9.97 Å². The lowest BCUT2D eigenvalue weighted by atomic mass is 9.85. The van der Waals surface area contributed by atoms with Crippen molar-refractivity contribution in [2.45, 2.75) is 6.92 Å². The molecule has 7 aromatic rings. The Morgan fingerprint density at radius 3 is 1.67 bits per heavy atom. The first kappa shape index (κ1) is 21.0. The van der Waals surface area contributed by atoms with Crippen molar-refractivity contribution >= 4 is 43.9 Å². The topological polar surface area (TPSA) is 25.8 Å². The molecule has 36 heavy (non-hydrogen) atoms. The fraction of sp³-hybridized carbons (Fsp3) is 0.0303. The van der Waals surface area contributed by atoms with Crippen molar-refractivity contribution in [1.82, 2.24) is 9.97 Å². The molecule has 0 fully saturated rings. The van der Waals surface area contributed by atoms with Crippen LogP contribution in [0.15, 0.2) is 116 Å². The van der Waals surface area contributed by atoms with E-state index in [4.69, 9.17) is 4.98 Å². The molecule has 0 bridgehead atoms. The van der Waals surface area contributed by atoms with Crippen molar-refractivity contribution in [3.8, 4) is 32.7 Å². The third kappa shape index (κ3) is 3.24. The zero-order chi connectivity index (χ0) is 24.1. The predicted molar refractivity (Wildman–Crippen MR) is 153 cm³/mol. The second-order valence-corrected chi connectivity index (χ2v) is 10.3. The molecule has 5 aromatic carbocycles. The Bertz CT molecular complexity index is 1890. The third-order valence-corrected chi connectivity index (χ3v) is 8.05. The molecule has 0 amide bonds. The van der Waals surface area contributed by atoms with E-state index < -0.39 is 0 Å². The van der Waals surface area contributed by atoms with Crippen LogP contribution in [0.25, 0.3) is 65.3 Å². The summed E-state index contributed by atoms with van der Waals surface area (Å²) in [5.74, 6) is 0. The van der Waals surface area contributed by atoms with Gasteiger partial charge in [0.2, 0.25) is 0 Å². The standard InChI is InChI=1S/C33H22N2S/c1-21-31-32(35-19-18-34-31)33(36-21)24-16-17-27-28(20-24)30(23-12-6-3-7-13-23)26-15-9-8-14-25(26)29(27)22-10-4-2-5-11-22/h2-20H,1H3. The van der Waals surface area contributed by atoms with E-state index in [2.05, 4.69) is 115 Å². The van der Waals surface area contributed by atoms with Crippen LogP contribution in [0, 0.1) is 6.92 Å². The maximum Gasteiger partial charge on any atom is 0.108 e. The Labute approximate surface area is 213 Å². The Balaban J connectivity index is 1.64. The molecule has 0 saturated carbocycles. The van der Waals surface area contributed by atoms with Gasteiger partial charge in [-0.05, 0) is 62.4 Å². The summed E-state index contributed by atoms with van der Waals surface area (Å²) < 4.78 is 0. The van der Waals surface area contributed by atoms with E-state index in [1.807, 2.05) is 0 Å². The van der Waals surface area contributed by atoms with Gasteiger partial charge >= 0.3 is 0 Å². The molecule has 0 unspecified atom stereocenters. The highest BCUT2D eigenvalue weighted by Crippen LogP contribution is 2.46. The largest absolute Gasteiger partial charge is 0.252 e. The molecular formula is C33H22N2S. The minimum Gasteiger partial charge on any atom is -0.252 e. The summed E-state index contributed by atoms with van der Waals surface area (Å²) in [7, 11) is 0. The highest BCUT2D eigenvalue weighted by atomic mass is 32.1. The molecule has 0 aliphatic heterocycles. The molecule has 0 radical (unpaired) electrons. The molecule has 7 rings (SSSR count). The van der Waals surface area contributed by atoms with Crippen LogP contribution in [0.4, 0.5) is 0 Å². The van der Waals surface area contributed by atoms with Crippen molar-refractivity contribution in [2.75, 3.05) is 0 Å². The van der Waals surface area contributed by atoms with Crippen molar-refractivity contribution in [3.63, 3.8) is 0 Å². The Morgan fingerprint density at radius 1 is 0.500 bits per heavy atom. The van der Waals surface area contributed by atoms with Gasteiger partial charge in [0.05, 0.1) is 4.88 Å². The summed E-state index contributed by atoms with van der Waals surface area (Å²) in [4.78, 5) is 11.7. The van der Waals surface area contributed by atoms with E-state index >= 15 is 0 Å². The van der Waals surface area contributed by atoms with Crippen LogP contribution in [0.2, 0.25) is 0 Å². The Kier molecular flexibility index (Phi) is 4.90. The summed E-state index contributed by atoms with van der Waals surface area (Å²) >= 11 is 1.77. The Morgan fingerprint density at radius 2 is 1.03 bits per heavy atom. The highest BCUT2D eigenvalue weighted by Gasteiger charge is 2.19. The molecule has 0 N–H and O–H groups in total. The molecule has 0 spiro atoms. The SMILES string of the molecule is Cc1sc(-c2ccc3c(-c4ccccc4)c4ccccc4c(-c4ccccc4)c3c2)c2nccnc12. The fourth-order valence-corrected chi connectivity index (χ4v) is 6.40. The van der Waals surface area contributed by atoms with E-state index in [0.29, 0.717) is 0 Å². The number of rotatable bonds is 3. The van der Waals surface area contributed by atoms with E-state index in [1.165, 1.54) is 59.1 Å². The summed E-state index contributed by atoms with van der Waals surface area (Å²) in [5, 5.41) is 5.04. The molecule has 0 aliphatic rings. The van der Waals surface area contributed by atoms with E-state index in [1.54, 1.807) is 23.7 Å². The van der Waals surface area contributed by atoms with Crippen LogP contribution < -0.4 is 0 Å². The quantitative estimate of drug-likeness (QED) is 0.236. The average molecular weight is 479 g/mol. The fourth-order valence-electron chi connectivity index (χ4n) is 5.36. The summed E-state index contributed by atoms with van der Waals surface area (Å²) in [6.07, 6.45) is 3.56. The molecule has 0 saturated heterocycles. The Hall–Kier alpha value is -4.34. The van der Waals surface area contributed by atoms with Gasteiger partial charge in [-0.3, -0.25) is 9.97 Å². The summed E-state index contributed by atoms with van der Waals surface area (Å²) in [6, 6.07) is 37.2. The minimum atomic E-state index is 0.977. The maximum absolute atomic E-state index is 4.70. The summed E-state index contributed by atoms with van der Waals surface area (Å²) in [5.41, 5.74) is 8.15. The van der Waals surface area contributed by atoms with E-state index in [-0.39, 0.29) is 0 Å². The normalized spacial score (nSPS) is 11.5. The molecule has 2 heterocycles. The van der Waals surface area contributed by atoms with Gasteiger partial charge in [0.1, 0.15) is 11.0 Å². The van der Waals surface area contributed by atoms with Crippen molar-refractivity contribution in [3.05, 3.63) is 120 Å². The van der Waals surface area contributed by atoms with Gasteiger partial charge in [0.15, 0.2) is 0 Å². The number of benzene rings is 5. The lowest BCUT2D eigenvalue weighted by molar-refractivity contribution is 1.30. The molecule has 3 heteroatoms. The van der Waals surface area contributed by atoms with Crippen LogP contribution in [0.3, 0.4) is 0 Å². The lowest BCUT2D eigenvalue weighted by Gasteiger charge is -2.18. The number of thiophene rings is 1. The predicted octanol–water partition coefficient (Wildman–Crippen LogP) is 9.31. The van der Waals surface area contributed by atoms with Gasteiger partial charge in [-0.1, -0.05) is 97.1 Å². The van der Waals surface area contributed by atoms with Crippen molar-refractivity contribution < 1.29 is 0 Å². The molecule has 0 aliphatic carbocycles. The van der Waals surface area contributed by atoms with Crippen LogP contribution in [0.1, 0.15) is 4.88 Å². The number of fused-ring (bicyclic) bond motifs is 3. The number of aryl methyl sites for hydroxylation is 1. The molecular weight excluding hydrogens is 456 g/mol. The third-order valence-electron chi connectivity index (χ3n) is 6.91. The number of nitrogens with zero attached hydrogens (tertiary/aromatic N) is 2. The zero-order valence-corrected chi connectivity index (χ0v) is 20.6. The molecule has 2 aromatic heterocycles. The van der Waals surface area contributed by atoms with Crippen molar-refractivity contribution in [1.29, 1.82) is 0 Å². The van der Waals surface area contributed by atoms with Crippen molar-refractivity contribution in [2.24, 2.45) is 0 Å². The van der Waals surface area contributed by atoms with Gasteiger partial charge in [-0.2, -0.15) is 0 Å². The van der Waals surface area contributed by atoms with Gasteiger partial charge < -0.3 is 0 Å². The first-order valence-electron chi connectivity index (χ1n) is 12.1. The average Bonchev–Trinajstić information content (AvgIpc) is 3.28. The van der Waals surface area contributed by atoms with E-state index in [0.717, 1.165) is 11.0 Å². The lowest BCUT2D eigenvalue weighted by Crippen LogP contribution is -1.91. The van der Waals surface area contributed by atoms with Gasteiger partial charge in [-0.15, -0.1) is 11.3 Å². The molecule has 0 atom stereocenters. The number of hydrogen-bond acceptors (Lipinski definition) is 3. The van der Waals surface area contributed by atoms with Crippen LogP contribution >= 0.6 is 11.3 Å². The smallest absolute Gasteiger partial charge is 0.108 e. The van der Waals surface area contributed by atoms with Crippen LogP contribution in [-0.2, 0) is 0 Å². The van der Waals surface area contributed by atoms with E-state index in [9.17, 15) is 0 Å². The maximum atomic E-state index is 4.70. The number of aromatic nitrogens is 2. The number of hydrogen-bond donors (Lipinski definition) is 0. The second-order valence-electron chi connectivity index (χ2n) is 9.03. The highest BCUT2D eigenvalue weighted by molar-refractivity contribution is 7.17. The monoisotopic (exact) mass is 478 g/mol. The van der Waals surface area contributed by atoms with Gasteiger partial charge in [0.25, 0.3) is 0 Å². The first-order valence-corrected chi connectivity index (χ1v) is 12.9. The van der Waals surface area contributed by atoms with Gasteiger partial charge in [-0.25, -0.2) is 0 Å². The van der Waals surface area contributed by atoms with Gasteiger partial charge in [0, 0.05) is 17.3 Å². The molecule has 2 nitrogen and oxygen atoms in total. The second kappa shape index (κ2) is 8.40. The van der Waals surface area contributed by atoms with Crippen LogP contribution in [0.5, 0.6) is 0 Å². The first-order chi connectivity index (χ1) is 17.8. The molecule has 170 valence electrons. The summed E-state index contributed by atoms with van der Waals surface area (Å²) in [6.45, 7) is 2.13.